The van der Waals surface area contributed by atoms with E-state index in [1.54, 1.807) is 24.4 Å². The van der Waals surface area contributed by atoms with Crippen LogP contribution in [0.25, 0.3) is 0 Å². The van der Waals surface area contributed by atoms with Crippen LogP contribution < -0.4 is 21.3 Å². The third kappa shape index (κ3) is 4.49. The molecular formula is C22H24N6O2. The van der Waals surface area contributed by atoms with Gasteiger partial charge in [-0.25, -0.2) is 4.98 Å². The second-order valence-electron chi connectivity index (χ2n) is 7.03. The van der Waals surface area contributed by atoms with E-state index in [1.165, 1.54) is 5.69 Å². The van der Waals surface area contributed by atoms with Crippen LogP contribution in [0.1, 0.15) is 15.9 Å². The average molecular weight is 404 g/mol. The lowest BCUT2D eigenvalue weighted by Crippen LogP contribution is -2.36. The van der Waals surface area contributed by atoms with E-state index < -0.39 is 5.91 Å². The Bertz CT molecular complexity index is 1030. The van der Waals surface area contributed by atoms with Gasteiger partial charge in [-0.05, 0) is 43.3 Å². The Morgan fingerprint density at radius 2 is 1.80 bits per heavy atom. The van der Waals surface area contributed by atoms with E-state index in [4.69, 9.17) is 10.5 Å². The predicted molar refractivity (Wildman–Crippen MR) is 118 cm³/mol. The van der Waals surface area contributed by atoms with Gasteiger partial charge in [0.25, 0.3) is 5.91 Å². The fraction of sp³-hybridized carbons (Fsp3) is 0.227. The van der Waals surface area contributed by atoms with Crippen molar-refractivity contribution in [3.63, 3.8) is 0 Å². The predicted octanol–water partition coefficient (Wildman–Crippen LogP) is 3.21. The van der Waals surface area contributed by atoms with Crippen molar-refractivity contribution in [1.82, 2.24) is 9.97 Å². The summed E-state index contributed by atoms with van der Waals surface area (Å²) in [5, 5.41) is 6.42. The van der Waals surface area contributed by atoms with Crippen molar-refractivity contribution in [3.8, 4) is 0 Å². The molecule has 0 bridgehead atoms. The molecule has 1 aliphatic heterocycles. The second-order valence-corrected chi connectivity index (χ2v) is 7.03. The Morgan fingerprint density at radius 1 is 1.07 bits per heavy atom. The maximum absolute atomic E-state index is 11.7. The maximum atomic E-state index is 11.7. The van der Waals surface area contributed by atoms with Crippen LogP contribution in [0.2, 0.25) is 0 Å². The van der Waals surface area contributed by atoms with Crippen LogP contribution in [0, 0.1) is 6.92 Å². The largest absolute Gasteiger partial charge is 0.378 e. The molecule has 1 aliphatic rings. The van der Waals surface area contributed by atoms with Crippen molar-refractivity contribution in [2.75, 3.05) is 41.8 Å². The molecular weight excluding hydrogens is 380 g/mol. The standard InChI is InChI=1S/C22H24N6O2/c1-15-14-24-22(27-21(15)26-19-5-3-2-4-18(19)20(23)29)25-16-6-8-17(9-7-16)28-10-12-30-13-11-28/h2-9,14H,10-13H2,1H3,(H2,23,29)(H2,24,25,26,27). The van der Waals surface area contributed by atoms with E-state index in [2.05, 4.69) is 37.6 Å². The number of amides is 1. The topological polar surface area (TPSA) is 105 Å². The lowest BCUT2D eigenvalue weighted by molar-refractivity contribution is 0.100. The molecule has 0 atom stereocenters. The van der Waals surface area contributed by atoms with E-state index in [9.17, 15) is 4.79 Å². The number of primary amides is 1. The summed E-state index contributed by atoms with van der Waals surface area (Å²) in [7, 11) is 0. The summed E-state index contributed by atoms with van der Waals surface area (Å²) < 4.78 is 5.41. The van der Waals surface area contributed by atoms with Crippen molar-refractivity contribution in [2.45, 2.75) is 6.92 Å². The highest BCUT2D eigenvalue weighted by molar-refractivity contribution is 5.99. The molecule has 8 heteroatoms. The quantitative estimate of drug-likeness (QED) is 0.579. The van der Waals surface area contributed by atoms with Gasteiger partial charge in [-0.3, -0.25) is 4.79 Å². The van der Waals surface area contributed by atoms with E-state index in [0.29, 0.717) is 23.0 Å². The number of carbonyl (C=O) groups is 1. The van der Waals surface area contributed by atoms with Gasteiger partial charge in [0.1, 0.15) is 5.82 Å². The normalized spacial score (nSPS) is 13.7. The molecule has 154 valence electrons. The van der Waals surface area contributed by atoms with Crippen molar-refractivity contribution in [2.24, 2.45) is 5.73 Å². The van der Waals surface area contributed by atoms with Crippen molar-refractivity contribution in [1.29, 1.82) is 0 Å². The highest BCUT2D eigenvalue weighted by Gasteiger charge is 2.12. The van der Waals surface area contributed by atoms with E-state index in [1.807, 2.05) is 25.1 Å². The molecule has 1 saturated heterocycles. The molecule has 1 fully saturated rings. The van der Waals surface area contributed by atoms with Gasteiger partial charge in [0, 0.05) is 36.2 Å². The zero-order valence-electron chi connectivity index (χ0n) is 16.8. The molecule has 4 N–H and O–H groups in total. The van der Waals surface area contributed by atoms with E-state index in [-0.39, 0.29) is 0 Å². The smallest absolute Gasteiger partial charge is 0.250 e. The van der Waals surface area contributed by atoms with Crippen LogP contribution in [0.3, 0.4) is 0 Å². The molecule has 1 amide bonds. The highest BCUT2D eigenvalue weighted by Crippen LogP contribution is 2.24. The van der Waals surface area contributed by atoms with Crippen LogP contribution in [0.4, 0.5) is 28.8 Å². The minimum Gasteiger partial charge on any atom is -0.378 e. The number of nitrogens with zero attached hydrogens (tertiary/aromatic N) is 3. The molecule has 0 aliphatic carbocycles. The van der Waals surface area contributed by atoms with Crippen molar-refractivity contribution >= 4 is 34.7 Å². The molecule has 4 rings (SSSR count). The molecule has 1 aromatic heterocycles. The first-order valence-electron chi connectivity index (χ1n) is 9.79. The van der Waals surface area contributed by atoms with Gasteiger partial charge in [-0.2, -0.15) is 4.98 Å². The first-order chi connectivity index (χ1) is 14.6. The van der Waals surface area contributed by atoms with Gasteiger partial charge >= 0.3 is 0 Å². The van der Waals surface area contributed by atoms with Crippen LogP contribution in [-0.4, -0.2) is 42.2 Å². The minimum atomic E-state index is -0.497. The number of nitrogens with two attached hydrogens (primary N) is 1. The third-order valence-corrected chi connectivity index (χ3v) is 4.92. The Balaban J connectivity index is 1.50. The average Bonchev–Trinajstić information content (AvgIpc) is 2.77. The molecule has 30 heavy (non-hydrogen) atoms. The number of para-hydroxylation sites is 1. The molecule has 8 nitrogen and oxygen atoms in total. The van der Waals surface area contributed by atoms with E-state index >= 15 is 0 Å². The number of nitrogens with one attached hydrogen (secondary N) is 2. The Morgan fingerprint density at radius 3 is 2.53 bits per heavy atom. The summed E-state index contributed by atoms with van der Waals surface area (Å²) in [4.78, 5) is 22.9. The van der Waals surface area contributed by atoms with Crippen LogP contribution in [0.5, 0.6) is 0 Å². The second kappa shape index (κ2) is 8.79. The summed E-state index contributed by atoms with van der Waals surface area (Å²) in [6, 6.07) is 15.2. The van der Waals surface area contributed by atoms with Gasteiger partial charge in [0.15, 0.2) is 0 Å². The fourth-order valence-corrected chi connectivity index (χ4v) is 3.27. The monoisotopic (exact) mass is 404 g/mol. The summed E-state index contributed by atoms with van der Waals surface area (Å²) in [6.45, 7) is 5.21. The number of carbonyl (C=O) groups excluding carboxylic acids is 1. The first-order valence-corrected chi connectivity index (χ1v) is 9.79. The number of aryl methyl sites for hydroxylation is 1. The SMILES string of the molecule is Cc1cnc(Nc2ccc(N3CCOCC3)cc2)nc1Nc1ccccc1C(N)=O. The number of aromatic nitrogens is 2. The lowest BCUT2D eigenvalue weighted by Gasteiger charge is -2.28. The van der Waals surface area contributed by atoms with Gasteiger partial charge in [-0.15, -0.1) is 0 Å². The number of morpholine rings is 1. The maximum Gasteiger partial charge on any atom is 0.250 e. The highest BCUT2D eigenvalue weighted by atomic mass is 16.5. The minimum absolute atomic E-state index is 0.406. The van der Waals surface area contributed by atoms with Crippen molar-refractivity contribution in [3.05, 3.63) is 65.9 Å². The van der Waals surface area contributed by atoms with Crippen LogP contribution in [0.15, 0.2) is 54.7 Å². The van der Waals surface area contributed by atoms with Gasteiger partial charge in [0.2, 0.25) is 5.95 Å². The number of ether oxygens (including phenoxy) is 1. The molecule has 0 radical (unpaired) electrons. The Kier molecular flexibility index (Phi) is 5.76. The van der Waals surface area contributed by atoms with Gasteiger partial charge in [-0.1, -0.05) is 12.1 Å². The van der Waals surface area contributed by atoms with Crippen LogP contribution >= 0.6 is 0 Å². The third-order valence-electron chi connectivity index (χ3n) is 4.92. The summed E-state index contributed by atoms with van der Waals surface area (Å²) in [5.74, 6) is 0.563. The summed E-state index contributed by atoms with van der Waals surface area (Å²) in [5.41, 5.74) is 9.38. The molecule has 0 saturated carbocycles. The fourth-order valence-electron chi connectivity index (χ4n) is 3.27. The zero-order valence-corrected chi connectivity index (χ0v) is 16.8. The number of hydrogen-bond acceptors (Lipinski definition) is 7. The van der Waals surface area contributed by atoms with Gasteiger partial charge < -0.3 is 26.0 Å². The lowest BCUT2D eigenvalue weighted by atomic mass is 10.1. The molecule has 3 aromatic rings. The Hall–Kier alpha value is -3.65. The number of benzene rings is 2. The first kappa shape index (κ1) is 19.7. The van der Waals surface area contributed by atoms with E-state index in [0.717, 1.165) is 37.6 Å². The molecule has 2 aromatic carbocycles. The molecule has 2 heterocycles. The zero-order chi connectivity index (χ0) is 20.9. The number of anilines is 5. The summed E-state index contributed by atoms with van der Waals surface area (Å²) >= 11 is 0. The van der Waals surface area contributed by atoms with Gasteiger partial charge in [0.05, 0.1) is 24.5 Å². The Labute approximate surface area is 175 Å². The number of hydrogen-bond donors (Lipinski definition) is 3. The molecule has 0 unspecified atom stereocenters. The van der Waals surface area contributed by atoms with Crippen molar-refractivity contribution < 1.29 is 9.53 Å². The molecule has 0 spiro atoms. The number of rotatable bonds is 6. The summed E-state index contributed by atoms with van der Waals surface area (Å²) in [6.07, 6.45) is 1.73. The van der Waals surface area contributed by atoms with Crippen LogP contribution in [-0.2, 0) is 4.74 Å².